The third kappa shape index (κ3) is 5.54. The van der Waals surface area contributed by atoms with Crippen LogP contribution in [0.5, 0.6) is 0 Å². The molecule has 12 nitrogen and oxygen atoms in total. The van der Waals surface area contributed by atoms with E-state index >= 15 is 0 Å². The fourth-order valence-electron chi connectivity index (χ4n) is 4.30. The lowest BCUT2D eigenvalue weighted by molar-refractivity contribution is -0.0909. The van der Waals surface area contributed by atoms with Crippen LogP contribution in [-0.2, 0) is 29.3 Å². The van der Waals surface area contributed by atoms with E-state index in [4.69, 9.17) is 29.8 Å². The molecule has 5 N–H and O–H groups in total. The molecular weight excluding hydrogens is 551 g/mol. The molecule has 2 saturated heterocycles. The van der Waals surface area contributed by atoms with Gasteiger partial charge in [0, 0.05) is 9.64 Å². The van der Waals surface area contributed by atoms with Crippen molar-refractivity contribution >= 4 is 52.3 Å². The van der Waals surface area contributed by atoms with Crippen molar-refractivity contribution in [1.29, 1.82) is 0 Å². The van der Waals surface area contributed by atoms with Gasteiger partial charge >= 0.3 is 7.82 Å². The molecular formula is C23H31N6O6PS2. The number of hydrogen-bond donors (Lipinski definition) is 3. The first-order valence-corrected chi connectivity index (χ1v) is 15.6. The summed E-state index contributed by atoms with van der Waals surface area (Å²) in [5.41, 5.74) is 11.7. The van der Waals surface area contributed by atoms with Crippen LogP contribution in [0.3, 0.4) is 0 Å². The third-order valence-electron chi connectivity index (χ3n) is 6.05. The first-order valence-electron chi connectivity index (χ1n) is 12.0. The SMILES string of the molecule is CC(C)(C)SSc1ccccc1CCOP1(=O)OC[C@H]2O[C@@H](n3cnc4c(N)nc(N)nc43)[C@](C)(O)[C@@H]2O1. The van der Waals surface area contributed by atoms with E-state index in [1.54, 1.807) is 21.6 Å². The third-order valence-corrected chi connectivity index (χ3v) is 10.9. The quantitative estimate of drug-likeness (QED) is 0.270. The van der Waals surface area contributed by atoms with Gasteiger partial charge in [-0.2, -0.15) is 9.97 Å². The summed E-state index contributed by atoms with van der Waals surface area (Å²) in [7, 11) is -0.492. The Balaban J connectivity index is 1.27. The molecule has 2 aliphatic heterocycles. The average molecular weight is 583 g/mol. The van der Waals surface area contributed by atoms with Crippen molar-refractivity contribution < 1.29 is 28.0 Å². The number of hydrogen-bond acceptors (Lipinski definition) is 13. The number of ether oxygens (including phenoxy) is 1. The van der Waals surface area contributed by atoms with Gasteiger partial charge in [0.2, 0.25) is 5.95 Å². The number of phosphoric ester groups is 1. The lowest BCUT2D eigenvalue weighted by atomic mass is 9.96. The lowest BCUT2D eigenvalue weighted by Gasteiger charge is -2.35. The Bertz CT molecular complexity index is 1380. The molecule has 0 spiro atoms. The fraction of sp³-hybridized carbons (Fsp3) is 0.522. The van der Waals surface area contributed by atoms with Crippen LogP contribution in [0.4, 0.5) is 11.8 Å². The minimum atomic E-state index is -3.97. The maximum atomic E-state index is 13.4. The number of benzene rings is 1. The molecule has 5 rings (SSSR count). The summed E-state index contributed by atoms with van der Waals surface area (Å²) in [6.45, 7) is 8.03. The second-order valence-corrected chi connectivity index (χ2v) is 14.9. The summed E-state index contributed by atoms with van der Waals surface area (Å²) in [6, 6.07) is 8.02. The van der Waals surface area contributed by atoms with Gasteiger partial charge in [-0.3, -0.25) is 18.1 Å². The predicted molar refractivity (Wildman–Crippen MR) is 146 cm³/mol. The van der Waals surface area contributed by atoms with E-state index in [0.29, 0.717) is 17.6 Å². The number of rotatable bonds is 7. The van der Waals surface area contributed by atoms with Crippen molar-refractivity contribution in [2.75, 3.05) is 24.7 Å². The smallest absolute Gasteiger partial charge is 0.383 e. The molecule has 206 valence electrons. The van der Waals surface area contributed by atoms with Crippen molar-refractivity contribution in [1.82, 2.24) is 19.5 Å². The lowest BCUT2D eigenvalue weighted by Crippen LogP contribution is -2.47. The predicted octanol–water partition coefficient (Wildman–Crippen LogP) is 3.96. The molecule has 1 unspecified atom stereocenters. The van der Waals surface area contributed by atoms with Crippen molar-refractivity contribution in [3.8, 4) is 0 Å². The summed E-state index contributed by atoms with van der Waals surface area (Å²) in [5.74, 6) is 0.0667. The molecule has 0 aliphatic carbocycles. The van der Waals surface area contributed by atoms with Crippen LogP contribution in [0, 0.1) is 0 Å². The maximum absolute atomic E-state index is 13.4. The Hall–Kier alpha value is -1.90. The number of nitrogen functional groups attached to an aromatic ring is 2. The summed E-state index contributed by atoms with van der Waals surface area (Å²) in [4.78, 5) is 13.5. The number of aromatic nitrogens is 4. The standard InChI is InChI=1S/C23H31N6O6PS2/c1-22(2,3)38-37-15-8-6-5-7-13(15)9-10-32-36(31)33-11-14-17(35-36)23(4,30)20(34-14)29-12-26-16-18(24)27-21(25)28-19(16)29/h5-8,12,14,17,20,30H,9-11H2,1-4H3,(H4,24,25,27,28)/t14-,17-,20-,23-,36?/m1/s1. The van der Waals surface area contributed by atoms with Crippen LogP contribution in [-0.4, -0.2) is 60.4 Å². The number of imidazole rings is 1. The van der Waals surface area contributed by atoms with E-state index in [9.17, 15) is 9.67 Å². The van der Waals surface area contributed by atoms with Gasteiger partial charge in [0.1, 0.15) is 23.3 Å². The highest BCUT2D eigenvalue weighted by Gasteiger charge is 2.60. The zero-order valence-corrected chi connectivity index (χ0v) is 24.0. The van der Waals surface area contributed by atoms with Crippen LogP contribution >= 0.6 is 29.4 Å². The number of phosphoric acid groups is 1. The highest BCUT2D eigenvalue weighted by Crippen LogP contribution is 2.59. The summed E-state index contributed by atoms with van der Waals surface area (Å²) in [5, 5.41) is 11.5. The summed E-state index contributed by atoms with van der Waals surface area (Å²) < 4.78 is 38.0. The molecule has 5 atom stereocenters. The first kappa shape index (κ1) is 27.7. The molecule has 1 aromatic carbocycles. The Morgan fingerprint density at radius 2 is 2.05 bits per heavy atom. The van der Waals surface area contributed by atoms with E-state index in [2.05, 4.69) is 41.8 Å². The number of fused-ring (bicyclic) bond motifs is 2. The minimum absolute atomic E-state index is 0.0405. The van der Waals surface area contributed by atoms with Crippen LogP contribution in [0.1, 0.15) is 39.5 Å². The van der Waals surface area contributed by atoms with Gasteiger partial charge < -0.3 is 21.3 Å². The highest BCUT2D eigenvalue weighted by molar-refractivity contribution is 8.77. The van der Waals surface area contributed by atoms with Gasteiger partial charge in [0.25, 0.3) is 0 Å². The number of nitrogens with two attached hydrogens (primary N) is 2. The van der Waals surface area contributed by atoms with E-state index in [-0.39, 0.29) is 29.7 Å². The topological polar surface area (TPSA) is 170 Å². The van der Waals surface area contributed by atoms with Gasteiger partial charge in [-0.15, -0.1) is 0 Å². The van der Waals surface area contributed by atoms with E-state index < -0.39 is 31.9 Å². The van der Waals surface area contributed by atoms with E-state index in [1.807, 2.05) is 18.2 Å². The number of nitrogens with zero attached hydrogens (tertiary/aromatic N) is 4. The van der Waals surface area contributed by atoms with Crippen molar-refractivity contribution in [3.05, 3.63) is 36.2 Å². The van der Waals surface area contributed by atoms with E-state index in [1.165, 1.54) is 17.8 Å². The average Bonchev–Trinajstić information content (AvgIpc) is 3.36. The Labute approximate surface area is 228 Å². The van der Waals surface area contributed by atoms with Crippen LogP contribution in [0.15, 0.2) is 35.5 Å². The second-order valence-electron chi connectivity index (χ2n) is 10.3. The first-order chi connectivity index (χ1) is 17.9. The van der Waals surface area contributed by atoms with Gasteiger partial charge in [-0.25, -0.2) is 9.55 Å². The molecule has 2 aliphatic rings. The molecule has 0 bridgehead atoms. The molecule has 38 heavy (non-hydrogen) atoms. The summed E-state index contributed by atoms with van der Waals surface area (Å²) >= 11 is 0. The van der Waals surface area contributed by atoms with Gasteiger partial charge in [0.05, 0.1) is 19.5 Å². The molecule has 15 heteroatoms. The van der Waals surface area contributed by atoms with Gasteiger partial charge in [-0.1, -0.05) is 60.6 Å². The maximum Gasteiger partial charge on any atom is 0.475 e. The fourth-order valence-corrected chi connectivity index (χ4v) is 8.02. The van der Waals surface area contributed by atoms with Gasteiger partial charge in [0.15, 0.2) is 17.7 Å². The zero-order valence-electron chi connectivity index (χ0n) is 21.4. The Morgan fingerprint density at radius 3 is 2.82 bits per heavy atom. The van der Waals surface area contributed by atoms with Crippen molar-refractivity contribution in [2.45, 2.75) is 67.8 Å². The molecule has 3 aromatic rings. The normalized spacial score (nSPS) is 29.6. The monoisotopic (exact) mass is 582 g/mol. The van der Waals surface area contributed by atoms with Crippen LogP contribution in [0.2, 0.25) is 0 Å². The largest absolute Gasteiger partial charge is 0.475 e. The molecule has 0 amide bonds. The van der Waals surface area contributed by atoms with Crippen LogP contribution in [0.25, 0.3) is 11.2 Å². The Kier molecular flexibility index (Phi) is 7.46. The molecule has 0 saturated carbocycles. The van der Waals surface area contributed by atoms with Crippen LogP contribution < -0.4 is 11.5 Å². The molecule has 2 aromatic heterocycles. The van der Waals surface area contributed by atoms with E-state index in [0.717, 1.165) is 10.5 Å². The van der Waals surface area contributed by atoms with Crippen molar-refractivity contribution in [2.24, 2.45) is 0 Å². The van der Waals surface area contributed by atoms with Gasteiger partial charge in [-0.05, 0) is 25.0 Å². The zero-order chi connectivity index (χ0) is 27.3. The number of anilines is 2. The van der Waals surface area contributed by atoms with Crippen molar-refractivity contribution in [3.63, 3.8) is 0 Å². The molecule has 4 heterocycles. The summed E-state index contributed by atoms with van der Waals surface area (Å²) in [6.07, 6.45) is -0.753. The molecule has 0 radical (unpaired) electrons. The highest BCUT2D eigenvalue weighted by atomic mass is 33.1. The minimum Gasteiger partial charge on any atom is -0.383 e. The molecule has 2 fully saturated rings. The Morgan fingerprint density at radius 1 is 1.29 bits per heavy atom. The number of aliphatic hydroxyl groups is 1. The second kappa shape index (κ2) is 10.3.